The van der Waals surface area contributed by atoms with Gasteiger partial charge in [0.1, 0.15) is 6.04 Å². The molecular formula is C17H25NO2S. The molecule has 0 amide bonds. The lowest BCUT2D eigenvalue weighted by Crippen LogP contribution is -2.42. The molecule has 1 fully saturated rings. The summed E-state index contributed by atoms with van der Waals surface area (Å²) in [5, 5.41) is 13.0. The Hall–Kier alpha value is -1.00. The maximum Gasteiger partial charge on any atom is 0.322 e. The van der Waals surface area contributed by atoms with Crippen molar-refractivity contribution in [3.05, 3.63) is 34.4 Å². The number of aryl methyl sites for hydroxylation is 3. The highest BCUT2D eigenvalue weighted by atomic mass is 32.2. The number of hydrogen-bond donors (Lipinski definition) is 2. The fourth-order valence-electron chi connectivity index (χ4n) is 3.04. The van der Waals surface area contributed by atoms with E-state index in [0.29, 0.717) is 0 Å². The Kier molecular flexibility index (Phi) is 4.41. The highest BCUT2D eigenvalue weighted by Crippen LogP contribution is 2.48. The van der Waals surface area contributed by atoms with Crippen molar-refractivity contribution in [3.63, 3.8) is 0 Å². The highest BCUT2D eigenvalue weighted by Gasteiger charge is 2.44. The van der Waals surface area contributed by atoms with Crippen LogP contribution >= 0.6 is 11.8 Å². The van der Waals surface area contributed by atoms with Crippen molar-refractivity contribution in [2.24, 2.45) is 5.41 Å². The molecule has 2 N–H and O–H groups in total. The van der Waals surface area contributed by atoms with Crippen LogP contribution in [0.4, 0.5) is 0 Å². The summed E-state index contributed by atoms with van der Waals surface area (Å²) in [6.45, 7) is 12.7. The van der Waals surface area contributed by atoms with Gasteiger partial charge in [0.2, 0.25) is 0 Å². The van der Waals surface area contributed by atoms with Gasteiger partial charge in [-0.15, -0.1) is 11.8 Å². The fraction of sp³-hybridized carbons (Fsp3) is 0.588. The van der Waals surface area contributed by atoms with Gasteiger partial charge < -0.3 is 5.11 Å². The van der Waals surface area contributed by atoms with Crippen LogP contribution in [0.3, 0.4) is 0 Å². The summed E-state index contributed by atoms with van der Waals surface area (Å²) in [6, 6.07) is 3.76. The summed E-state index contributed by atoms with van der Waals surface area (Å²) >= 11 is 1.75. The predicted molar refractivity (Wildman–Crippen MR) is 88.8 cm³/mol. The Labute approximate surface area is 131 Å². The fourth-order valence-corrected chi connectivity index (χ4v) is 4.83. The van der Waals surface area contributed by atoms with Crippen molar-refractivity contribution >= 4 is 17.7 Å². The Balaban J connectivity index is 2.44. The van der Waals surface area contributed by atoms with E-state index in [2.05, 4.69) is 59.0 Å². The highest BCUT2D eigenvalue weighted by molar-refractivity contribution is 8.00. The summed E-state index contributed by atoms with van der Waals surface area (Å²) < 4.78 is 0. The molecule has 116 valence electrons. The number of carbonyl (C=O) groups is 1. The first-order valence-corrected chi connectivity index (χ1v) is 8.27. The number of hydrogen-bond acceptors (Lipinski definition) is 3. The van der Waals surface area contributed by atoms with Crippen LogP contribution in [0.1, 0.15) is 48.3 Å². The topological polar surface area (TPSA) is 49.3 Å². The molecule has 1 heterocycles. The van der Waals surface area contributed by atoms with E-state index in [4.69, 9.17) is 0 Å². The van der Waals surface area contributed by atoms with Gasteiger partial charge in [-0.05, 0) is 42.9 Å². The quantitative estimate of drug-likeness (QED) is 0.872. The molecule has 0 aromatic heterocycles. The van der Waals surface area contributed by atoms with Crippen molar-refractivity contribution in [2.45, 2.75) is 58.2 Å². The van der Waals surface area contributed by atoms with Crippen molar-refractivity contribution in [3.8, 4) is 0 Å². The van der Waals surface area contributed by atoms with E-state index in [0.717, 1.165) is 0 Å². The van der Waals surface area contributed by atoms with Crippen LogP contribution in [0, 0.1) is 26.2 Å². The van der Waals surface area contributed by atoms with Crippen LogP contribution < -0.4 is 5.32 Å². The molecule has 1 unspecified atom stereocenters. The first-order valence-electron chi connectivity index (χ1n) is 7.33. The Morgan fingerprint density at radius 3 is 2.14 bits per heavy atom. The monoisotopic (exact) mass is 307 g/mol. The summed E-state index contributed by atoms with van der Waals surface area (Å²) in [5.41, 5.74) is 4.81. The van der Waals surface area contributed by atoms with Gasteiger partial charge in [0.15, 0.2) is 0 Å². The van der Waals surface area contributed by atoms with Gasteiger partial charge in [0.05, 0.1) is 10.6 Å². The van der Waals surface area contributed by atoms with Gasteiger partial charge in [-0.25, -0.2) is 0 Å². The number of rotatable bonds is 2. The molecule has 3 nitrogen and oxygen atoms in total. The van der Waals surface area contributed by atoms with Crippen molar-refractivity contribution < 1.29 is 9.90 Å². The van der Waals surface area contributed by atoms with E-state index in [1.165, 1.54) is 22.3 Å². The van der Waals surface area contributed by atoms with E-state index in [1.54, 1.807) is 11.8 Å². The zero-order chi connectivity index (χ0) is 15.9. The zero-order valence-corrected chi connectivity index (χ0v) is 14.5. The van der Waals surface area contributed by atoms with E-state index >= 15 is 0 Å². The molecule has 0 bridgehead atoms. The maximum absolute atomic E-state index is 11.7. The van der Waals surface area contributed by atoms with E-state index in [1.807, 2.05) is 0 Å². The smallest absolute Gasteiger partial charge is 0.322 e. The van der Waals surface area contributed by atoms with Crippen molar-refractivity contribution in [1.29, 1.82) is 0 Å². The summed E-state index contributed by atoms with van der Waals surface area (Å²) in [7, 11) is 0. The normalized spacial score (nSPS) is 26.1. The van der Waals surface area contributed by atoms with Gasteiger partial charge >= 0.3 is 5.97 Å². The Morgan fingerprint density at radius 2 is 1.71 bits per heavy atom. The predicted octanol–water partition coefficient (Wildman–Crippen LogP) is 3.81. The Morgan fingerprint density at radius 1 is 1.19 bits per heavy atom. The third kappa shape index (κ3) is 3.27. The molecule has 1 aromatic rings. The van der Waals surface area contributed by atoms with Gasteiger partial charge in [-0.3, -0.25) is 10.1 Å². The molecule has 0 radical (unpaired) electrons. The minimum absolute atomic E-state index is 0.0274. The number of carboxylic acids is 1. The van der Waals surface area contributed by atoms with Crippen molar-refractivity contribution in [1.82, 2.24) is 5.32 Å². The molecule has 0 aliphatic carbocycles. The van der Waals surface area contributed by atoms with Crippen LogP contribution in [0.5, 0.6) is 0 Å². The van der Waals surface area contributed by atoms with Crippen LogP contribution in [-0.4, -0.2) is 22.5 Å². The Bertz CT molecular complexity index is 539. The summed E-state index contributed by atoms with van der Waals surface area (Å²) in [6.07, 6.45) is 0. The zero-order valence-electron chi connectivity index (χ0n) is 13.7. The molecule has 1 aliphatic rings. The van der Waals surface area contributed by atoms with Crippen LogP contribution in [0.2, 0.25) is 0 Å². The van der Waals surface area contributed by atoms with Gasteiger partial charge in [-0.1, -0.05) is 38.5 Å². The van der Waals surface area contributed by atoms with E-state index < -0.39 is 12.0 Å². The first-order chi connectivity index (χ1) is 9.61. The second-order valence-electron chi connectivity index (χ2n) is 7.10. The lowest BCUT2D eigenvalue weighted by Gasteiger charge is -2.26. The first kappa shape index (κ1) is 16.4. The lowest BCUT2D eigenvalue weighted by molar-refractivity contribution is -0.139. The minimum Gasteiger partial charge on any atom is -0.480 e. The number of carboxylic acid groups (broad SMARTS) is 1. The minimum atomic E-state index is -0.765. The van der Waals surface area contributed by atoms with E-state index in [-0.39, 0.29) is 16.0 Å². The van der Waals surface area contributed by atoms with Crippen LogP contribution in [0.15, 0.2) is 12.1 Å². The van der Waals surface area contributed by atoms with Crippen LogP contribution in [0.25, 0.3) is 0 Å². The molecule has 1 aromatic carbocycles. The molecule has 1 aliphatic heterocycles. The molecule has 4 heteroatoms. The number of benzene rings is 1. The average molecular weight is 307 g/mol. The number of thioether (sulfide) groups is 1. The van der Waals surface area contributed by atoms with E-state index in [9.17, 15) is 9.90 Å². The molecule has 2 rings (SSSR count). The number of nitrogens with one attached hydrogen (secondary N) is 1. The third-order valence-electron chi connectivity index (χ3n) is 3.99. The lowest BCUT2D eigenvalue weighted by atomic mass is 9.93. The molecule has 0 saturated carbocycles. The molecular weight excluding hydrogens is 282 g/mol. The standard InChI is InChI=1S/C17H25NO2S/c1-9-7-10(2)12(11(3)8-9)14-13(15(19)20)18-16(21-14)17(4,5)6/h7-8,13-14,16,18H,1-6H3,(H,19,20)/t13-,14+,16?/m0/s1. The average Bonchev–Trinajstić information content (AvgIpc) is 2.71. The van der Waals surface area contributed by atoms with Crippen LogP contribution in [-0.2, 0) is 4.79 Å². The SMILES string of the molecule is Cc1cc(C)c([C@H]2SC(C(C)(C)C)N[C@@H]2C(=O)O)c(C)c1. The molecule has 1 saturated heterocycles. The second kappa shape index (κ2) is 5.65. The summed E-state index contributed by atoms with van der Waals surface area (Å²) in [5.74, 6) is -0.765. The second-order valence-corrected chi connectivity index (χ2v) is 8.35. The van der Waals surface area contributed by atoms with Crippen molar-refractivity contribution in [2.75, 3.05) is 0 Å². The number of aliphatic carboxylic acids is 1. The molecule has 0 spiro atoms. The third-order valence-corrected chi connectivity index (χ3v) is 5.91. The van der Waals surface area contributed by atoms with Gasteiger partial charge in [-0.2, -0.15) is 0 Å². The van der Waals surface area contributed by atoms with Gasteiger partial charge in [0.25, 0.3) is 0 Å². The largest absolute Gasteiger partial charge is 0.480 e. The molecule has 3 atom stereocenters. The summed E-state index contributed by atoms with van der Waals surface area (Å²) in [4.78, 5) is 11.7. The maximum atomic E-state index is 11.7. The van der Waals surface area contributed by atoms with Gasteiger partial charge in [0, 0.05) is 0 Å². The molecule has 21 heavy (non-hydrogen) atoms.